The number of rotatable bonds is 6. The van der Waals surface area contributed by atoms with Crippen LogP contribution in [0.2, 0.25) is 0 Å². The lowest BCUT2D eigenvalue weighted by atomic mass is 10.2. The maximum atomic E-state index is 12.4. The summed E-state index contributed by atoms with van der Waals surface area (Å²) in [6.07, 6.45) is 2.66. The molecule has 0 spiro atoms. The minimum Gasteiger partial charge on any atom is -0.495 e. The van der Waals surface area contributed by atoms with Gasteiger partial charge >= 0.3 is 6.03 Å². The molecule has 1 N–H and O–H groups in total. The summed E-state index contributed by atoms with van der Waals surface area (Å²) >= 11 is 0. The lowest BCUT2D eigenvalue weighted by Crippen LogP contribution is -3.15. The molecular formula is C20H29N4O3+. The van der Waals surface area contributed by atoms with Crippen molar-refractivity contribution in [3.63, 3.8) is 0 Å². The number of nitrogens with one attached hydrogen (secondary N) is 1. The molecule has 0 bridgehead atoms. The molecule has 3 aliphatic rings. The summed E-state index contributed by atoms with van der Waals surface area (Å²) in [7, 11) is 1.71. The second-order valence-corrected chi connectivity index (χ2v) is 7.64. The van der Waals surface area contributed by atoms with Gasteiger partial charge < -0.3 is 19.4 Å². The monoisotopic (exact) mass is 373 g/mol. The summed E-state index contributed by atoms with van der Waals surface area (Å²) in [6.45, 7) is 6.41. The van der Waals surface area contributed by atoms with E-state index in [1.807, 2.05) is 18.2 Å². The molecule has 1 aromatic rings. The minimum atomic E-state index is -0.172. The molecule has 4 rings (SSSR count). The first-order chi connectivity index (χ1) is 13.2. The number of nitrogens with zero attached hydrogens (tertiary/aromatic N) is 3. The number of urea groups is 1. The fraction of sp³-hybridized carbons (Fsp3) is 0.600. The number of carbonyl (C=O) groups is 2. The van der Waals surface area contributed by atoms with E-state index in [0.717, 1.165) is 70.0 Å². The molecule has 1 aromatic carbocycles. The Kier molecular flexibility index (Phi) is 5.20. The fourth-order valence-electron chi connectivity index (χ4n) is 4.58. The highest BCUT2D eigenvalue weighted by Gasteiger charge is 2.46. The van der Waals surface area contributed by atoms with Gasteiger partial charge in [0.1, 0.15) is 11.8 Å². The van der Waals surface area contributed by atoms with Crippen LogP contribution in [-0.2, 0) is 4.79 Å². The van der Waals surface area contributed by atoms with Crippen LogP contribution < -0.4 is 14.5 Å². The van der Waals surface area contributed by atoms with Gasteiger partial charge in [0.15, 0.2) is 0 Å². The zero-order chi connectivity index (χ0) is 18.8. The Labute approximate surface area is 160 Å². The number of hydrogen-bond acceptors (Lipinski definition) is 4. The average molecular weight is 373 g/mol. The first kappa shape index (κ1) is 18.1. The largest absolute Gasteiger partial charge is 0.495 e. The van der Waals surface area contributed by atoms with Gasteiger partial charge in [0, 0.05) is 19.5 Å². The van der Waals surface area contributed by atoms with Crippen LogP contribution in [0.15, 0.2) is 24.3 Å². The van der Waals surface area contributed by atoms with E-state index in [1.165, 1.54) is 4.90 Å². The molecule has 3 saturated heterocycles. The van der Waals surface area contributed by atoms with E-state index in [1.54, 1.807) is 16.9 Å². The molecule has 146 valence electrons. The summed E-state index contributed by atoms with van der Waals surface area (Å²) < 4.78 is 5.48. The van der Waals surface area contributed by atoms with Crippen molar-refractivity contribution < 1.29 is 19.2 Å². The van der Waals surface area contributed by atoms with Crippen LogP contribution in [0.4, 0.5) is 10.5 Å². The number of imide groups is 1. The minimum absolute atomic E-state index is 0.0218. The Hall–Kier alpha value is -2.28. The van der Waals surface area contributed by atoms with Crippen molar-refractivity contribution in [3.8, 4) is 5.75 Å². The Bertz CT molecular complexity index is 680. The Balaban J connectivity index is 1.23. The second-order valence-electron chi connectivity index (χ2n) is 7.64. The molecule has 0 aliphatic carbocycles. The molecule has 3 amide bonds. The first-order valence-electron chi connectivity index (χ1n) is 10.0. The van der Waals surface area contributed by atoms with E-state index in [-0.39, 0.29) is 18.0 Å². The maximum Gasteiger partial charge on any atom is 0.327 e. The molecule has 1 atom stereocenters. The van der Waals surface area contributed by atoms with Gasteiger partial charge in [0.25, 0.3) is 5.91 Å². The molecule has 0 saturated carbocycles. The van der Waals surface area contributed by atoms with Gasteiger partial charge in [-0.2, -0.15) is 0 Å². The van der Waals surface area contributed by atoms with Crippen molar-refractivity contribution in [1.29, 1.82) is 0 Å². The highest BCUT2D eigenvalue weighted by molar-refractivity contribution is 6.04. The average Bonchev–Trinajstić information content (AvgIpc) is 3.28. The second kappa shape index (κ2) is 7.76. The van der Waals surface area contributed by atoms with Crippen LogP contribution in [0.1, 0.15) is 19.3 Å². The number of methoxy groups -OCH3 is 1. The molecule has 3 heterocycles. The number of ether oxygens (including phenoxy) is 1. The molecule has 0 unspecified atom stereocenters. The quantitative estimate of drug-likeness (QED) is 0.725. The summed E-state index contributed by atoms with van der Waals surface area (Å²) in [5.41, 5.74) is 1.16. The Morgan fingerprint density at radius 2 is 1.93 bits per heavy atom. The fourth-order valence-corrected chi connectivity index (χ4v) is 4.58. The van der Waals surface area contributed by atoms with Crippen LogP contribution in [0.25, 0.3) is 0 Å². The number of anilines is 1. The highest BCUT2D eigenvalue weighted by Crippen LogP contribution is 2.28. The summed E-state index contributed by atoms with van der Waals surface area (Å²) in [5.74, 6) is 0.945. The van der Waals surface area contributed by atoms with Gasteiger partial charge in [0.2, 0.25) is 0 Å². The Morgan fingerprint density at radius 3 is 2.67 bits per heavy atom. The molecule has 0 radical (unpaired) electrons. The van der Waals surface area contributed by atoms with Crippen molar-refractivity contribution in [1.82, 2.24) is 9.80 Å². The van der Waals surface area contributed by atoms with Crippen molar-refractivity contribution in [2.45, 2.75) is 25.3 Å². The number of benzene rings is 1. The predicted molar refractivity (Wildman–Crippen MR) is 102 cm³/mol. The molecule has 0 aromatic heterocycles. The number of para-hydroxylation sites is 2. The normalized spacial score (nSPS) is 23.3. The molecule has 3 fully saturated rings. The summed E-state index contributed by atoms with van der Waals surface area (Å²) in [6, 6.07) is 7.92. The van der Waals surface area contributed by atoms with Crippen molar-refractivity contribution in [2.24, 2.45) is 0 Å². The van der Waals surface area contributed by atoms with E-state index < -0.39 is 0 Å². The summed E-state index contributed by atoms with van der Waals surface area (Å²) in [5, 5.41) is 0. The third-order valence-corrected chi connectivity index (χ3v) is 6.09. The number of carbonyl (C=O) groups excluding carboxylic acids is 2. The van der Waals surface area contributed by atoms with Crippen molar-refractivity contribution in [2.75, 3.05) is 57.8 Å². The van der Waals surface area contributed by atoms with E-state index in [4.69, 9.17) is 4.74 Å². The highest BCUT2D eigenvalue weighted by atomic mass is 16.5. The van der Waals surface area contributed by atoms with E-state index in [9.17, 15) is 9.59 Å². The predicted octanol–water partition coefficient (Wildman–Crippen LogP) is 0.217. The third-order valence-electron chi connectivity index (χ3n) is 6.09. The molecule has 7 nitrogen and oxygen atoms in total. The third kappa shape index (κ3) is 3.48. The van der Waals surface area contributed by atoms with Gasteiger partial charge in [-0.25, -0.2) is 4.79 Å². The van der Waals surface area contributed by atoms with Gasteiger partial charge in [0.05, 0.1) is 45.5 Å². The SMILES string of the molecule is COc1ccccc1N1CC[NH+](CCCN2C(=O)[C@H]3CCCN3C2=O)CC1. The van der Waals surface area contributed by atoms with Crippen molar-refractivity contribution in [3.05, 3.63) is 24.3 Å². The molecule has 7 heteroatoms. The molecule has 27 heavy (non-hydrogen) atoms. The van der Waals surface area contributed by atoms with Crippen LogP contribution in [0.3, 0.4) is 0 Å². The van der Waals surface area contributed by atoms with Crippen LogP contribution in [0, 0.1) is 0 Å². The topological polar surface area (TPSA) is 57.5 Å². The van der Waals surface area contributed by atoms with Gasteiger partial charge in [-0.1, -0.05) is 12.1 Å². The maximum absolute atomic E-state index is 12.4. The lowest BCUT2D eigenvalue weighted by molar-refractivity contribution is -0.900. The van der Waals surface area contributed by atoms with Crippen LogP contribution in [-0.4, -0.2) is 80.7 Å². The van der Waals surface area contributed by atoms with E-state index in [2.05, 4.69) is 11.0 Å². The zero-order valence-electron chi connectivity index (χ0n) is 16.0. The van der Waals surface area contributed by atoms with E-state index in [0.29, 0.717) is 6.54 Å². The van der Waals surface area contributed by atoms with Gasteiger partial charge in [-0.15, -0.1) is 0 Å². The standard InChI is InChI=1S/C20H28N4O3/c1-27-18-8-3-2-6-16(18)22-14-12-21(13-15-22)9-5-11-24-19(25)17-7-4-10-23(17)20(24)26/h2-3,6,8,17H,4-5,7,9-15H2,1H3/p+1/t17-/m1/s1. The smallest absolute Gasteiger partial charge is 0.327 e. The zero-order valence-corrected chi connectivity index (χ0v) is 16.0. The number of fused-ring (bicyclic) bond motifs is 1. The number of piperazine rings is 1. The van der Waals surface area contributed by atoms with Crippen LogP contribution in [0.5, 0.6) is 5.75 Å². The van der Waals surface area contributed by atoms with Crippen molar-refractivity contribution >= 4 is 17.6 Å². The lowest BCUT2D eigenvalue weighted by Gasteiger charge is -2.34. The summed E-state index contributed by atoms with van der Waals surface area (Å²) in [4.78, 5) is 31.9. The Morgan fingerprint density at radius 1 is 1.15 bits per heavy atom. The first-order valence-corrected chi connectivity index (χ1v) is 10.0. The van der Waals surface area contributed by atoms with Gasteiger partial charge in [-0.05, 0) is 25.0 Å². The molecule has 3 aliphatic heterocycles. The molecular weight excluding hydrogens is 344 g/mol. The van der Waals surface area contributed by atoms with Gasteiger partial charge in [-0.3, -0.25) is 9.69 Å². The number of amides is 3. The van der Waals surface area contributed by atoms with Crippen LogP contribution >= 0.6 is 0 Å². The van der Waals surface area contributed by atoms with E-state index >= 15 is 0 Å². The number of hydrogen-bond donors (Lipinski definition) is 1. The number of quaternary nitrogens is 1.